The van der Waals surface area contributed by atoms with Crippen molar-refractivity contribution in [1.29, 1.82) is 0 Å². The van der Waals surface area contributed by atoms with Crippen LogP contribution in [-0.4, -0.2) is 16.7 Å². The first-order valence-corrected chi connectivity index (χ1v) is 5.52. The second-order valence-corrected chi connectivity index (χ2v) is 5.28. The molecule has 0 amide bonds. The number of aliphatic carboxylic acids is 1. The van der Waals surface area contributed by atoms with Crippen molar-refractivity contribution in [2.45, 2.75) is 37.8 Å². The van der Waals surface area contributed by atoms with Crippen molar-refractivity contribution in [2.75, 3.05) is 0 Å². The van der Waals surface area contributed by atoms with Gasteiger partial charge in [0.15, 0.2) is 0 Å². The Hall–Kier alpha value is -0.600. The van der Waals surface area contributed by atoms with Gasteiger partial charge in [-0.3, -0.25) is 4.79 Å². The minimum atomic E-state index is -0.955. The highest BCUT2D eigenvalue weighted by atomic mass is 19.1. The highest BCUT2D eigenvalue weighted by molar-refractivity contribution is 5.67. The predicted octanol–water partition coefficient (Wildman–Crippen LogP) is 2.24. The first kappa shape index (κ1) is 8.69. The minimum Gasteiger partial charge on any atom is -0.481 e. The summed E-state index contributed by atoms with van der Waals surface area (Å²) in [6.45, 7) is 0. The van der Waals surface area contributed by atoms with E-state index in [0.717, 1.165) is 25.7 Å². The molecule has 78 valence electrons. The van der Waals surface area contributed by atoms with E-state index in [1.54, 1.807) is 0 Å². The molecule has 3 aliphatic rings. The molecule has 1 N–H and O–H groups in total. The Balaban J connectivity index is 1.82. The lowest BCUT2D eigenvalue weighted by atomic mass is 9.53. The molecule has 3 heteroatoms. The summed E-state index contributed by atoms with van der Waals surface area (Å²) < 4.78 is 14.3. The van der Waals surface area contributed by atoms with Crippen LogP contribution >= 0.6 is 0 Å². The Labute approximate surface area is 82.5 Å². The van der Waals surface area contributed by atoms with Crippen LogP contribution in [0, 0.1) is 23.7 Å². The fourth-order valence-electron chi connectivity index (χ4n) is 4.28. The molecular weight excluding hydrogens is 183 g/mol. The summed E-state index contributed by atoms with van der Waals surface area (Å²) in [6.07, 6.45) is 3.91. The van der Waals surface area contributed by atoms with Crippen LogP contribution in [0.1, 0.15) is 32.1 Å². The van der Waals surface area contributed by atoms with Crippen LogP contribution in [0.4, 0.5) is 4.39 Å². The van der Waals surface area contributed by atoms with Crippen molar-refractivity contribution < 1.29 is 14.3 Å². The lowest BCUT2D eigenvalue weighted by Gasteiger charge is -2.54. The molecule has 0 aromatic carbocycles. The van der Waals surface area contributed by atoms with Crippen molar-refractivity contribution in [3.63, 3.8) is 0 Å². The minimum absolute atomic E-state index is 0.0716. The summed E-state index contributed by atoms with van der Waals surface area (Å²) >= 11 is 0. The molecule has 3 fully saturated rings. The largest absolute Gasteiger partial charge is 0.481 e. The van der Waals surface area contributed by atoms with E-state index in [2.05, 4.69) is 0 Å². The first-order chi connectivity index (χ1) is 6.61. The summed E-state index contributed by atoms with van der Waals surface area (Å²) in [5.74, 6) is 0.0934. The van der Waals surface area contributed by atoms with E-state index in [9.17, 15) is 9.18 Å². The molecule has 3 saturated carbocycles. The molecule has 5 atom stereocenters. The number of carboxylic acid groups (broad SMARTS) is 1. The number of hydrogen-bond acceptors (Lipinski definition) is 1. The molecule has 0 spiro atoms. The molecule has 0 heterocycles. The summed E-state index contributed by atoms with van der Waals surface area (Å²) in [5, 5.41) is 8.76. The quantitative estimate of drug-likeness (QED) is 0.738. The third-order valence-electron chi connectivity index (χ3n) is 4.75. The van der Waals surface area contributed by atoms with Gasteiger partial charge in [-0.1, -0.05) is 0 Å². The average molecular weight is 198 g/mol. The number of hydrogen-bond donors (Lipinski definition) is 1. The van der Waals surface area contributed by atoms with Crippen LogP contribution in [0.3, 0.4) is 0 Å². The molecule has 0 saturated heterocycles. The lowest BCUT2D eigenvalue weighted by Crippen LogP contribution is -2.57. The molecule has 2 nitrogen and oxygen atoms in total. The van der Waals surface area contributed by atoms with Gasteiger partial charge in [0, 0.05) is 6.42 Å². The molecular formula is C11H15FO2. The Morgan fingerprint density at radius 3 is 2.93 bits per heavy atom. The Kier molecular flexibility index (Phi) is 1.55. The molecule has 14 heavy (non-hydrogen) atoms. The smallest absolute Gasteiger partial charge is 0.303 e. The van der Waals surface area contributed by atoms with Crippen molar-refractivity contribution >= 4 is 5.97 Å². The third kappa shape index (κ3) is 0.882. The fourth-order valence-corrected chi connectivity index (χ4v) is 4.28. The molecule has 0 radical (unpaired) electrons. The second kappa shape index (κ2) is 2.50. The zero-order chi connectivity index (χ0) is 9.92. The number of alkyl halides is 1. The van der Waals surface area contributed by atoms with Crippen LogP contribution < -0.4 is 0 Å². The van der Waals surface area contributed by atoms with Gasteiger partial charge in [0.1, 0.15) is 5.67 Å². The van der Waals surface area contributed by atoms with Crippen molar-refractivity contribution in [3.05, 3.63) is 0 Å². The van der Waals surface area contributed by atoms with Crippen molar-refractivity contribution in [2.24, 2.45) is 23.7 Å². The van der Waals surface area contributed by atoms with Crippen molar-refractivity contribution in [1.82, 2.24) is 0 Å². The van der Waals surface area contributed by atoms with Gasteiger partial charge in [0.05, 0.1) is 0 Å². The summed E-state index contributed by atoms with van der Waals surface area (Å²) in [4.78, 5) is 10.6. The Morgan fingerprint density at radius 2 is 2.21 bits per heavy atom. The van der Waals surface area contributed by atoms with E-state index < -0.39 is 11.6 Å². The summed E-state index contributed by atoms with van der Waals surface area (Å²) in [5.41, 5.74) is -0.955. The van der Waals surface area contributed by atoms with Gasteiger partial charge >= 0.3 is 5.97 Å². The third-order valence-corrected chi connectivity index (χ3v) is 4.75. The molecule has 3 rings (SSSR count). The molecule has 0 aliphatic heterocycles. The standard InChI is InChI=1S/C11H15FO2/c12-11-5-6-1-2-8(11)7(4-10(13)14)9(11)3-6/h6-9H,1-5H2,(H,13,14). The molecule has 0 aromatic heterocycles. The highest BCUT2D eigenvalue weighted by Crippen LogP contribution is 2.68. The number of carboxylic acids is 1. The highest BCUT2D eigenvalue weighted by Gasteiger charge is 2.68. The second-order valence-electron chi connectivity index (χ2n) is 5.28. The SMILES string of the molecule is O=C(O)CC1C2CCC3CC1C2(F)C3. The van der Waals surface area contributed by atoms with Gasteiger partial charge in [0.2, 0.25) is 0 Å². The van der Waals surface area contributed by atoms with Crippen LogP contribution in [0.25, 0.3) is 0 Å². The summed E-state index contributed by atoms with van der Waals surface area (Å²) in [6, 6.07) is 0. The van der Waals surface area contributed by atoms with E-state index in [1.165, 1.54) is 0 Å². The Bertz CT molecular complexity index is 283. The maximum atomic E-state index is 14.3. The molecule has 0 aromatic rings. The maximum Gasteiger partial charge on any atom is 0.303 e. The number of halogens is 1. The molecule has 2 bridgehead atoms. The van der Waals surface area contributed by atoms with Crippen LogP contribution in [0.2, 0.25) is 0 Å². The van der Waals surface area contributed by atoms with E-state index >= 15 is 0 Å². The van der Waals surface area contributed by atoms with Gasteiger partial charge in [-0.2, -0.15) is 0 Å². The van der Waals surface area contributed by atoms with E-state index in [-0.39, 0.29) is 24.2 Å². The number of fused-ring (bicyclic) bond motifs is 1. The number of carbonyl (C=O) groups is 1. The van der Waals surface area contributed by atoms with Gasteiger partial charge < -0.3 is 5.11 Å². The monoisotopic (exact) mass is 198 g/mol. The molecule has 5 unspecified atom stereocenters. The average Bonchev–Trinajstić information content (AvgIpc) is 2.26. The van der Waals surface area contributed by atoms with Gasteiger partial charge in [-0.15, -0.1) is 0 Å². The van der Waals surface area contributed by atoms with Crippen LogP contribution in [-0.2, 0) is 4.79 Å². The zero-order valence-electron chi connectivity index (χ0n) is 8.08. The van der Waals surface area contributed by atoms with Gasteiger partial charge in [0.25, 0.3) is 0 Å². The van der Waals surface area contributed by atoms with Crippen LogP contribution in [0.15, 0.2) is 0 Å². The molecule has 3 aliphatic carbocycles. The van der Waals surface area contributed by atoms with Crippen LogP contribution in [0.5, 0.6) is 0 Å². The van der Waals surface area contributed by atoms with Crippen molar-refractivity contribution in [3.8, 4) is 0 Å². The summed E-state index contributed by atoms with van der Waals surface area (Å²) in [7, 11) is 0. The van der Waals surface area contributed by atoms with E-state index in [4.69, 9.17) is 5.11 Å². The number of rotatable bonds is 2. The Morgan fingerprint density at radius 1 is 1.43 bits per heavy atom. The van der Waals surface area contributed by atoms with Gasteiger partial charge in [-0.25, -0.2) is 4.39 Å². The zero-order valence-corrected chi connectivity index (χ0v) is 8.08. The lowest BCUT2D eigenvalue weighted by molar-refractivity contribution is -0.158. The topological polar surface area (TPSA) is 37.3 Å². The van der Waals surface area contributed by atoms with E-state index in [1.807, 2.05) is 0 Å². The first-order valence-electron chi connectivity index (χ1n) is 5.52. The normalized spacial score (nSPS) is 54.1. The maximum absolute atomic E-state index is 14.3. The predicted molar refractivity (Wildman–Crippen MR) is 48.5 cm³/mol. The van der Waals surface area contributed by atoms with E-state index in [0.29, 0.717) is 5.92 Å². The fraction of sp³-hybridized carbons (Fsp3) is 0.909. The van der Waals surface area contributed by atoms with Gasteiger partial charge in [-0.05, 0) is 49.4 Å².